The molecule has 0 saturated carbocycles. The second-order valence-corrected chi connectivity index (χ2v) is 9.70. The van der Waals surface area contributed by atoms with Crippen LogP contribution in [0, 0.1) is 5.82 Å². The van der Waals surface area contributed by atoms with Gasteiger partial charge >= 0.3 is 0 Å². The summed E-state index contributed by atoms with van der Waals surface area (Å²) in [7, 11) is 1.90. The largest absolute Gasteiger partial charge is 0.304 e. The Hall–Kier alpha value is -4.55. The molecule has 5 rings (SSSR count). The molecule has 5 aromatic rings. The van der Waals surface area contributed by atoms with Gasteiger partial charge < -0.3 is 4.90 Å². The van der Waals surface area contributed by atoms with Crippen molar-refractivity contribution in [3.8, 4) is 11.1 Å². The van der Waals surface area contributed by atoms with E-state index in [1.807, 2.05) is 54.3 Å². The lowest BCUT2D eigenvalue weighted by atomic mass is 10.0. The summed E-state index contributed by atoms with van der Waals surface area (Å²) in [6.45, 7) is 1.54. The van der Waals surface area contributed by atoms with E-state index in [-0.39, 0.29) is 18.2 Å². The van der Waals surface area contributed by atoms with Crippen LogP contribution in [0.5, 0.6) is 0 Å². The van der Waals surface area contributed by atoms with E-state index in [4.69, 9.17) is 11.6 Å². The molecule has 1 aromatic heterocycles. The fraction of sp³-hybridized carbons (Fsp3) is 0.0938. The monoisotopic (exact) mass is 537 g/mol. The summed E-state index contributed by atoms with van der Waals surface area (Å²) in [5.74, 6) is -0.980. The van der Waals surface area contributed by atoms with Gasteiger partial charge in [-0.1, -0.05) is 54.1 Å². The molecule has 0 fully saturated rings. The standard InChI is InChI=1S/C32H25ClFN3O2/c1-21(38)8-9-22-14-28(34)18-29(15-22)37(32(39)23-6-4-3-5-7-23)20-26-11-10-25(17-30(26)33)24-12-13-31-27(16-24)19-35-36(31)2/h3-19H,20H2,1-2H3/b9-8+. The lowest BCUT2D eigenvalue weighted by Crippen LogP contribution is -2.30. The van der Waals surface area contributed by atoms with E-state index in [9.17, 15) is 14.0 Å². The van der Waals surface area contributed by atoms with Crippen LogP contribution in [-0.4, -0.2) is 21.5 Å². The van der Waals surface area contributed by atoms with Gasteiger partial charge in [0.05, 0.1) is 18.3 Å². The van der Waals surface area contributed by atoms with Crippen molar-refractivity contribution < 1.29 is 14.0 Å². The van der Waals surface area contributed by atoms with Crippen LogP contribution in [0.1, 0.15) is 28.4 Å². The SMILES string of the molecule is CC(=O)/C=C/c1cc(F)cc(N(Cc2ccc(-c3ccc4c(cnn4C)c3)cc2Cl)C(=O)c2ccccc2)c1. The Morgan fingerprint density at radius 2 is 1.72 bits per heavy atom. The Labute approximate surface area is 230 Å². The molecule has 5 nitrogen and oxygen atoms in total. The third-order valence-electron chi connectivity index (χ3n) is 6.45. The van der Waals surface area contributed by atoms with Crippen molar-refractivity contribution in [1.82, 2.24) is 9.78 Å². The first-order valence-electron chi connectivity index (χ1n) is 12.4. The number of hydrogen-bond acceptors (Lipinski definition) is 3. The van der Waals surface area contributed by atoms with Gasteiger partial charge in [0.25, 0.3) is 5.91 Å². The molecule has 7 heteroatoms. The molecule has 1 heterocycles. The third-order valence-corrected chi connectivity index (χ3v) is 6.81. The molecule has 0 radical (unpaired) electrons. The summed E-state index contributed by atoms with van der Waals surface area (Å²) >= 11 is 6.75. The molecule has 0 aliphatic rings. The molecule has 39 heavy (non-hydrogen) atoms. The predicted octanol–water partition coefficient (Wildman–Crippen LogP) is 7.48. The number of rotatable bonds is 7. The van der Waals surface area contributed by atoms with E-state index in [0.29, 0.717) is 27.4 Å². The number of nitrogens with zero attached hydrogens (tertiary/aromatic N) is 3. The first-order valence-corrected chi connectivity index (χ1v) is 12.7. The van der Waals surface area contributed by atoms with E-state index in [2.05, 4.69) is 11.2 Å². The highest BCUT2D eigenvalue weighted by atomic mass is 35.5. The van der Waals surface area contributed by atoms with Gasteiger partial charge in [-0.2, -0.15) is 5.10 Å². The quantitative estimate of drug-likeness (QED) is 0.202. The Balaban J connectivity index is 1.51. The molecule has 0 atom stereocenters. The molecular formula is C32H25ClFN3O2. The average Bonchev–Trinajstić information content (AvgIpc) is 3.31. The lowest BCUT2D eigenvalue weighted by Gasteiger charge is -2.24. The van der Waals surface area contributed by atoms with Crippen LogP contribution < -0.4 is 4.90 Å². The molecule has 0 aliphatic heterocycles. The van der Waals surface area contributed by atoms with Crippen LogP contribution >= 0.6 is 11.6 Å². The smallest absolute Gasteiger partial charge is 0.258 e. The fourth-order valence-electron chi connectivity index (χ4n) is 4.45. The summed E-state index contributed by atoms with van der Waals surface area (Å²) in [6, 6.07) is 24.9. The van der Waals surface area contributed by atoms with Gasteiger partial charge in [0.2, 0.25) is 0 Å². The van der Waals surface area contributed by atoms with Gasteiger partial charge in [0.15, 0.2) is 5.78 Å². The van der Waals surface area contributed by atoms with Gasteiger partial charge in [-0.3, -0.25) is 14.3 Å². The first-order chi connectivity index (χ1) is 18.8. The van der Waals surface area contributed by atoms with Gasteiger partial charge in [-0.05, 0) is 83.8 Å². The van der Waals surface area contributed by atoms with Crippen LogP contribution in [0.2, 0.25) is 5.02 Å². The minimum absolute atomic E-state index is 0.119. The molecule has 4 aromatic carbocycles. The molecule has 0 N–H and O–H groups in total. The van der Waals surface area contributed by atoms with Crippen molar-refractivity contribution in [2.45, 2.75) is 13.5 Å². The summed E-state index contributed by atoms with van der Waals surface area (Å²) < 4.78 is 16.5. The van der Waals surface area contributed by atoms with Crippen LogP contribution in [0.25, 0.3) is 28.1 Å². The maximum absolute atomic E-state index is 14.7. The highest BCUT2D eigenvalue weighted by Crippen LogP contribution is 2.31. The van der Waals surface area contributed by atoms with E-state index in [1.165, 1.54) is 36.1 Å². The Kier molecular flexibility index (Phi) is 7.39. The maximum Gasteiger partial charge on any atom is 0.258 e. The number of allylic oxidation sites excluding steroid dienone is 1. The van der Waals surface area contributed by atoms with Crippen molar-refractivity contribution in [1.29, 1.82) is 0 Å². The Bertz CT molecular complexity index is 1730. The van der Waals surface area contributed by atoms with Crippen molar-refractivity contribution in [2.24, 2.45) is 7.05 Å². The summed E-state index contributed by atoms with van der Waals surface area (Å²) in [5, 5.41) is 5.81. The topological polar surface area (TPSA) is 55.2 Å². The molecule has 0 bridgehead atoms. The number of aryl methyl sites for hydroxylation is 1. The second-order valence-electron chi connectivity index (χ2n) is 9.29. The van der Waals surface area contributed by atoms with E-state index in [0.717, 1.165) is 22.0 Å². The number of anilines is 1. The van der Waals surface area contributed by atoms with Crippen molar-refractivity contribution >= 4 is 46.0 Å². The third kappa shape index (κ3) is 5.81. The highest BCUT2D eigenvalue weighted by molar-refractivity contribution is 6.31. The Morgan fingerprint density at radius 1 is 0.974 bits per heavy atom. The van der Waals surface area contributed by atoms with E-state index in [1.54, 1.807) is 30.3 Å². The van der Waals surface area contributed by atoms with Crippen molar-refractivity contribution in [3.05, 3.63) is 125 Å². The summed E-state index contributed by atoms with van der Waals surface area (Å²) in [6.07, 6.45) is 4.71. The van der Waals surface area contributed by atoms with Crippen LogP contribution in [-0.2, 0) is 18.4 Å². The van der Waals surface area contributed by atoms with Gasteiger partial charge in [-0.25, -0.2) is 4.39 Å². The van der Waals surface area contributed by atoms with Crippen LogP contribution in [0.3, 0.4) is 0 Å². The van der Waals surface area contributed by atoms with Crippen LogP contribution in [0.4, 0.5) is 10.1 Å². The number of benzene rings is 4. The van der Waals surface area contributed by atoms with Crippen molar-refractivity contribution in [2.75, 3.05) is 4.90 Å². The fourth-order valence-corrected chi connectivity index (χ4v) is 4.69. The minimum Gasteiger partial charge on any atom is -0.304 e. The molecule has 0 unspecified atom stereocenters. The molecule has 194 valence electrons. The molecule has 0 saturated heterocycles. The Morgan fingerprint density at radius 3 is 2.46 bits per heavy atom. The molecular weight excluding hydrogens is 513 g/mol. The number of hydrogen-bond donors (Lipinski definition) is 0. The van der Waals surface area contributed by atoms with Crippen LogP contribution in [0.15, 0.2) is 97.2 Å². The number of aromatic nitrogens is 2. The zero-order valence-electron chi connectivity index (χ0n) is 21.4. The number of fused-ring (bicyclic) bond motifs is 1. The number of ketones is 1. The van der Waals surface area contributed by atoms with E-state index < -0.39 is 5.82 Å². The summed E-state index contributed by atoms with van der Waals surface area (Å²) in [4.78, 5) is 26.6. The minimum atomic E-state index is -0.520. The van der Waals surface area contributed by atoms with Gasteiger partial charge in [-0.15, -0.1) is 0 Å². The normalized spacial score (nSPS) is 11.3. The van der Waals surface area contributed by atoms with Crippen molar-refractivity contribution in [3.63, 3.8) is 0 Å². The van der Waals surface area contributed by atoms with E-state index >= 15 is 0 Å². The van der Waals surface area contributed by atoms with Gasteiger partial charge in [0, 0.05) is 28.7 Å². The number of carbonyl (C=O) groups is 2. The molecule has 0 aliphatic carbocycles. The zero-order chi connectivity index (χ0) is 27.5. The number of halogens is 2. The highest BCUT2D eigenvalue weighted by Gasteiger charge is 2.21. The number of amides is 1. The average molecular weight is 538 g/mol. The second kappa shape index (κ2) is 11.1. The maximum atomic E-state index is 14.7. The zero-order valence-corrected chi connectivity index (χ0v) is 22.2. The number of carbonyl (C=O) groups excluding carboxylic acids is 2. The summed E-state index contributed by atoms with van der Waals surface area (Å²) in [5.41, 5.74) is 4.94. The predicted molar refractivity (Wildman–Crippen MR) is 154 cm³/mol. The molecule has 0 spiro atoms. The first kappa shape index (κ1) is 26.1. The van der Waals surface area contributed by atoms with Gasteiger partial charge in [0.1, 0.15) is 5.82 Å². The lowest BCUT2D eigenvalue weighted by molar-refractivity contribution is -0.112. The molecule has 1 amide bonds.